The van der Waals surface area contributed by atoms with Crippen molar-refractivity contribution in [3.63, 3.8) is 0 Å². The maximum atomic E-state index is 11.4. The first-order valence-corrected chi connectivity index (χ1v) is 5.47. The van der Waals surface area contributed by atoms with Gasteiger partial charge in [0.15, 0.2) is 0 Å². The first-order chi connectivity index (χ1) is 8.60. The molecule has 1 aromatic carbocycles. The predicted octanol–water partition coefficient (Wildman–Crippen LogP) is 2.81. The average Bonchev–Trinajstić information content (AvgIpc) is 2.39. The van der Waals surface area contributed by atoms with Crippen molar-refractivity contribution in [1.82, 2.24) is 0 Å². The molecule has 0 heterocycles. The number of nitro benzene ring substituents is 1. The lowest BCUT2D eigenvalue weighted by Gasteiger charge is -2.19. The van der Waals surface area contributed by atoms with Crippen LogP contribution in [0.1, 0.15) is 19.8 Å². The predicted molar refractivity (Wildman–Crippen MR) is 64.5 cm³/mol. The maximum Gasteiger partial charge on any atom is 0.445 e. The van der Waals surface area contributed by atoms with E-state index in [0.717, 1.165) is 12.8 Å². The summed E-state index contributed by atoms with van der Waals surface area (Å²) in [5, 5.41) is 18.9. The Morgan fingerprint density at radius 3 is 2.50 bits per heavy atom. The molecule has 98 valence electrons. The van der Waals surface area contributed by atoms with Crippen LogP contribution in [0.4, 0.5) is 16.2 Å². The summed E-state index contributed by atoms with van der Waals surface area (Å²) in [7, 11) is 0. The van der Waals surface area contributed by atoms with Gasteiger partial charge in [0.05, 0.1) is 4.92 Å². The summed E-state index contributed by atoms with van der Waals surface area (Å²) >= 11 is 0. The maximum absolute atomic E-state index is 11.4. The summed E-state index contributed by atoms with van der Waals surface area (Å²) in [5.74, 6) is 0. The Hall–Kier alpha value is -2.15. The van der Waals surface area contributed by atoms with Crippen molar-refractivity contribution in [1.29, 1.82) is 0 Å². The second-order valence-corrected chi connectivity index (χ2v) is 3.64. The van der Waals surface area contributed by atoms with Crippen LogP contribution >= 0.6 is 0 Å². The van der Waals surface area contributed by atoms with Crippen LogP contribution in [-0.4, -0.2) is 22.8 Å². The van der Waals surface area contributed by atoms with Gasteiger partial charge in [0.25, 0.3) is 5.69 Å². The summed E-state index contributed by atoms with van der Waals surface area (Å²) in [6, 6.07) is 5.45. The van der Waals surface area contributed by atoms with E-state index in [1.54, 1.807) is 0 Å². The van der Waals surface area contributed by atoms with Crippen molar-refractivity contribution in [2.75, 3.05) is 11.4 Å². The van der Waals surface area contributed by atoms with E-state index >= 15 is 0 Å². The molecule has 0 aromatic heterocycles. The molecule has 0 atom stereocenters. The lowest BCUT2D eigenvalue weighted by molar-refractivity contribution is -0.384. The van der Waals surface area contributed by atoms with E-state index in [9.17, 15) is 14.9 Å². The highest BCUT2D eigenvalue weighted by molar-refractivity contribution is 5.87. The molecule has 1 N–H and O–H groups in total. The summed E-state index contributed by atoms with van der Waals surface area (Å²) in [5.41, 5.74) is 0.375. The lowest BCUT2D eigenvalue weighted by Crippen LogP contribution is -2.31. The molecule has 1 rings (SSSR count). The molecule has 18 heavy (non-hydrogen) atoms. The molecule has 0 aliphatic rings. The average molecular weight is 254 g/mol. The number of amides is 1. The highest BCUT2D eigenvalue weighted by Gasteiger charge is 2.17. The Labute approximate surface area is 104 Å². The van der Waals surface area contributed by atoms with Gasteiger partial charge in [0.1, 0.15) is 0 Å². The van der Waals surface area contributed by atoms with Gasteiger partial charge in [-0.2, -0.15) is 5.26 Å². The molecule has 0 saturated heterocycles. The topological polar surface area (TPSA) is 92.9 Å². The van der Waals surface area contributed by atoms with E-state index in [-0.39, 0.29) is 5.69 Å². The molecule has 0 fully saturated rings. The number of non-ortho nitro benzene ring substituents is 1. The van der Waals surface area contributed by atoms with Gasteiger partial charge in [0.2, 0.25) is 0 Å². The van der Waals surface area contributed by atoms with Crippen molar-refractivity contribution in [3.05, 3.63) is 34.4 Å². The molecule has 0 saturated carbocycles. The molecular weight excluding hydrogens is 240 g/mol. The molecule has 1 amide bonds. The molecular formula is C11H14N2O5. The zero-order chi connectivity index (χ0) is 13.5. The van der Waals surface area contributed by atoms with E-state index in [0.29, 0.717) is 12.2 Å². The Bertz CT molecular complexity index is 418. The molecule has 0 unspecified atom stereocenters. The van der Waals surface area contributed by atoms with Gasteiger partial charge in [-0.3, -0.25) is 19.9 Å². The van der Waals surface area contributed by atoms with Crippen LogP contribution in [0.15, 0.2) is 24.3 Å². The molecule has 7 heteroatoms. The van der Waals surface area contributed by atoms with Crippen molar-refractivity contribution in [3.8, 4) is 0 Å². The molecule has 7 nitrogen and oxygen atoms in total. The first-order valence-electron chi connectivity index (χ1n) is 5.47. The number of nitro groups is 1. The fourth-order valence-electron chi connectivity index (χ4n) is 1.45. The van der Waals surface area contributed by atoms with Gasteiger partial charge in [-0.15, -0.1) is 0 Å². The smallest absolute Gasteiger partial charge is 0.278 e. The minimum atomic E-state index is -0.905. The largest absolute Gasteiger partial charge is 0.445 e. The van der Waals surface area contributed by atoms with Gasteiger partial charge in [-0.25, -0.2) is 4.79 Å². The van der Waals surface area contributed by atoms with Crippen LogP contribution in [-0.2, 0) is 4.89 Å². The standard InChI is InChI=1S/C11H14N2O5/c1-2-3-8-12(11(14)18-17)9-4-6-10(7-5-9)13(15)16/h4-7,17H,2-3,8H2,1H3. The first kappa shape index (κ1) is 13.9. The number of hydrogen-bond donors (Lipinski definition) is 1. The third-order valence-electron chi connectivity index (χ3n) is 2.41. The molecule has 0 radical (unpaired) electrons. The minimum Gasteiger partial charge on any atom is -0.278 e. The van der Waals surface area contributed by atoms with E-state index in [4.69, 9.17) is 5.26 Å². The quantitative estimate of drug-likeness (QED) is 0.495. The zero-order valence-electron chi connectivity index (χ0n) is 9.91. The van der Waals surface area contributed by atoms with Crippen molar-refractivity contribution in [2.45, 2.75) is 19.8 Å². The Morgan fingerprint density at radius 2 is 2.06 bits per heavy atom. The zero-order valence-corrected chi connectivity index (χ0v) is 9.91. The van der Waals surface area contributed by atoms with Gasteiger partial charge in [-0.05, 0) is 18.6 Å². The number of carbonyl (C=O) groups excluding carboxylic acids is 1. The summed E-state index contributed by atoms with van der Waals surface area (Å²) < 4.78 is 0. The number of nitrogens with zero attached hydrogens (tertiary/aromatic N) is 2. The number of benzene rings is 1. The minimum absolute atomic E-state index is 0.0634. The number of rotatable bonds is 5. The number of anilines is 1. The van der Waals surface area contributed by atoms with E-state index in [1.807, 2.05) is 6.92 Å². The lowest BCUT2D eigenvalue weighted by atomic mass is 10.2. The van der Waals surface area contributed by atoms with E-state index in [2.05, 4.69) is 4.89 Å². The second-order valence-electron chi connectivity index (χ2n) is 3.64. The third kappa shape index (κ3) is 3.42. The molecule has 0 spiro atoms. The van der Waals surface area contributed by atoms with Gasteiger partial charge in [0, 0.05) is 24.4 Å². The van der Waals surface area contributed by atoms with Crippen molar-refractivity contribution < 1.29 is 19.9 Å². The normalized spacial score (nSPS) is 9.89. The van der Waals surface area contributed by atoms with Crippen LogP contribution in [0.3, 0.4) is 0 Å². The van der Waals surface area contributed by atoms with Crippen LogP contribution in [0.2, 0.25) is 0 Å². The summed E-state index contributed by atoms with van der Waals surface area (Å²) in [6.45, 7) is 2.33. The van der Waals surface area contributed by atoms with Crippen molar-refractivity contribution in [2.24, 2.45) is 0 Å². The Balaban J connectivity index is 2.90. The second kappa shape index (κ2) is 6.55. The van der Waals surface area contributed by atoms with E-state index in [1.165, 1.54) is 29.2 Å². The van der Waals surface area contributed by atoms with Gasteiger partial charge >= 0.3 is 6.09 Å². The number of carbonyl (C=O) groups is 1. The van der Waals surface area contributed by atoms with Crippen LogP contribution in [0.5, 0.6) is 0 Å². The fraction of sp³-hybridized carbons (Fsp3) is 0.364. The van der Waals surface area contributed by atoms with Gasteiger partial charge in [-0.1, -0.05) is 13.3 Å². The summed E-state index contributed by atoms with van der Waals surface area (Å²) in [6.07, 6.45) is 0.686. The van der Waals surface area contributed by atoms with Crippen LogP contribution in [0, 0.1) is 10.1 Å². The number of hydrogen-bond acceptors (Lipinski definition) is 5. The van der Waals surface area contributed by atoms with Crippen molar-refractivity contribution >= 4 is 17.5 Å². The summed E-state index contributed by atoms with van der Waals surface area (Å²) in [4.78, 5) is 26.2. The highest BCUT2D eigenvalue weighted by Crippen LogP contribution is 2.20. The number of unbranched alkanes of at least 4 members (excludes halogenated alkanes) is 1. The Kier molecular flexibility index (Phi) is 5.06. The van der Waals surface area contributed by atoms with E-state index < -0.39 is 11.0 Å². The monoisotopic (exact) mass is 254 g/mol. The SMILES string of the molecule is CCCCN(C(=O)OO)c1ccc([N+](=O)[O-])cc1. The highest BCUT2D eigenvalue weighted by atomic mass is 17.1. The van der Waals surface area contributed by atoms with Crippen LogP contribution < -0.4 is 4.90 Å². The molecule has 0 aliphatic carbocycles. The third-order valence-corrected chi connectivity index (χ3v) is 2.41. The fourth-order valence-corrected chi connectivity index (χ4v) is 1.45. The molecule has 0 bridgehead atoms. The van der Waals surface area contributed by atoms with Gasteiger partial charge < -0.3 is 0 Å². The Morgan fingerprint density at radius 1 is 1.44 bits per heavy atom. The van der Waals surface area contributed by atoms with Crippen LogP contribution in [0.25, 0.3) is 0 Å². The molecule has 0 aliphatic heterocycles. The molecule has 1 aromatic rings.